The van der Waals surface area contributed by atoms with Crippen LogP contribution in [0.2, 0.25) is 5.02 Å². The molecule has 0 aliphatic heterocycles. The number of nitrogens with one attached hydrogen (secondary N) is 1. The summed E-state index contributed by atoms with van der Waals surface area (Å²) in [6, 6.07) is 5.47. The van der Waals surface area contributed by atoms with Crippen molar-refractivity contribution in [2.45, 2.75) is 13.3 Å². The van der Waals surface area contributed by atoms with Crippen LogP contribution in [-0.2, 0) is 0 Å². The van der Waals surface area contributed by atoms with Crippen LogP contribution in [0.15, 0.2) is 18.2 Å². The summed E-state index contributed by atoms with van der Waals surface area (Å²) in [7, 11) is 4.13. The number of nitrogens with two attached hydrogens (primary N) is 1. The maximum atomic E-state index is 7.66. The van der Waals surface area contributed by atoms with Crippen molar-refractivity contribution in [2.24, 2.45) is 5.73 Å². The molecule has 3 N–H and O–H groups in total. The molecule has 0 aliphatic rings. The molecule has 0 aromatic heterocycles. The average Bonchev–Trinajstić information content (AvgIpc) is 2.33. The molecule has 19 heavy (non-hydrogen) atoms. The Morgan fingerprint density at radius 3 is 2.53 bits per heavy atom. The monoisotopic (exact) mass is 282 g/mol. The molecule has 0 fully saturated rings. The maximum absolute atomic E-state index is 7.66. The molecule has 5 heteroatoms. The Hall–Kier alpha value is -1.26. The molecule has 1 rings (SSSR count). The van der Waals surface area contributed by atoms with Gasteiger partial charge < -0.3 is 15.5 Å². The zero-order valence-corrected chi connectivity index (χ0v) is 12.7. The van der Waals surface area contributed by atoms with E-state index in [1.54, 1.807) is 6.07 Å². The average molecular weight is 283 g/mol. The van der Waals surface area contributed by atoms with Gasteiger partial charge in [0.25, 0.3) is 0 Å². The first kappa shape index (κ1) is 15.8. The minimum absolute atomic E-state index is 0.0812. The molecule has 0 atom stereocenters. The van der Waals surface area contributed by atoms with E-state index in [0.29, 0.717) is 5.02 Å². The highest BCUT2D eigenvalue weighted by atomic mass is 35.5. The molecule has 1 aromatic carbocycles. The number of hydrogen-bond donors (Lipinski definition) is 2. The highest BCUT2D eigenvalue weighted by Crippen LogP contribution is 2.24. The van der Waals surface area contributed by atoms with Gasteiger partial charge in [-0.05, 0) is 52.2 Å². The van der Waals surface area contributed by atoms with Crippen LogP contribution in [0.3, 0.4) is 0 Å². The van der Waals surface area contributed by atoms with Crippen molar-refractivity contribution in [1.82, 2.24) is 4.90 Å². The summed E-state index contributed by atoms with van der Waals surface area (Å²) in [5.74, 6) is 0.0812. The fourth-order valence-electron chi connectivity index (χ4n) is 2.02. The molecule has 0 unspecified atom stereocenters. The third kappa shape index (κ3) is 4.73. The standard InChI is InChI=1S/C14H23ClN4/c1-4-19(9-5-8-18(2)3)13-10-11(15)6-7-12(13)14(16)17/h6-7,10H,4-5,8-9H2,1-3H3,(H3,16,17). The Balaban J connectivity index is 2.90. The second kappa shape index (κ2) is 7.36. The van der Waals surface area contributed by atoms with Crippen molar-refractivity contribution in [3.63, 3.8) is 0 Å². The highest BCUT2D eigenvalue weighted by molar-refractivity contribution is 6.31. The maximum Gasteiger partial charge on any atom is 0.124 e. The Kier molecular flexibility index (Phi) is 6.12. The van der Waals surface area contributed by atoms with E-state index < -0.39 is 0 Å². The molecular formula is C14H23ClN4. The molecule has 0 saturated carbocycles. The van der Waals surface area contributed by atoms with Crippen molar-refractivity contribution in [2.75, 3.05) is 38.6 Å². The van der Waals surface area contributed by atoms with Crippen molar-refractivity contribution in [3.8, 4) is 0 Å². The van der Waals surface area contributed by atoms with Crippen molar-refractivity contribution in [1.29, 1.82) is 5.41 Å². The van der Waals surface area contributed by atoms with E-state index in [1.807, 2.05) is 12.1 Å². The predicted molar refractivity (Wildman–Crippen MR) is 83.5 cm³/mol. The van der Waals surface area contributed by atoms with Gasteiger partial charge in [-0.1, -0.05) is 11.6 Å². The lowest BCUT2D eigenvalue weighted by molar-refractivity contribution is 0.400. The minimum atomic E-state index is 0.0812. The fourth-order valence-corrected chi connectivity index (χ4v) is 2.19. The summed E-state index contributed by atoms with van der Waals surface area (Å²) in [4.78, 5) is 4.38. The molecule has 0 radical (unpaired) electrons. The van der Waals surface area contributed by atoms with Gasteiger partial charge in [-0.15, -0.1) is 0 Å². The molecule has 0 heterocycles. The van der Waals surface area contributed by atoms with Gasteiger partial charge in [0.1, 0.15) is 5.84 Å². The number of amidine groups is 1. The number of nitrogens with zero attached hydrogens (tertiary/aromatic N) is 2. The van der Waals surface area contributed by atoms with Gasteiger partial charge >= 0.3 is 0 Å². The third-order valence-electron chi connectivity index (χ3n) is 3.01. The number of rotatable bonds is 7. The van der Waals surface area contributed by atoms with E-state index in [-0.39, 0.29) is 5.84 Å². The zero-order valence-electron chi connectivity index (χ0n) is 11.9. The topological polar surface area (TPSA) is 56.4 Å². The van der Waals surface area contributed by atoms with Gasteiger partial charge in [0.2, 0.25) is 0 Å². The van der Waals surface area contributed by atoms with Crippen LogP contribution >= 0.6 is 11.6 Å². The summed E-state index contributed by atoms with van der Waals surface area (Å²) in [5, 5.41) is 8.33. The molecule has 0 aliphatic carbocycles. The lowest BCUT2D eigenvalue weighted by Crippen LogP contribution is -2.29. The number of halogens is 1. The van der Waals surface area contributed by atoms with Gasteiger partial charge in [0.05, 0.1) is 0 Å². The summed E-state index contributed by atoms with van der Waals surface area (Å²) in [6.45, 7) is 4.93. The van der Waals surface area contributed by atoms with Crippen LogP contribution in [0.5, 0.6) is 0 Å². The number of hydrogen-bond acceptors (Lipinski definition) is 3. The smallest absolute Gasteiger partial charge is 0.124 e. The number of benzene rings is 1. The molecule has 0 amide bonds. The van der Waals surface area contributed by atoms with E-state index >= 15 is 0 Å². The number of anilines is 1. The van der Waals surface area contributed by atoms with Crippen molar-refractivity contribution < 1.29 is 0 Å². The van der Waals surface area contributed by atoms with Crippen LogP contribution < -0.4 is 10.6 Å². The van der Waals surface area contributed by atoms with Crippen molar-refractivity contribution >= 4 is 23.1 Å². The number of nitrogen functional groups attached to an aromatic ring is 1. The van der Waals surface area contributed by atoms with E-state index in [4.69, 9.17) is 22.7 Å². The van der Waals surface area contributed by atoms with Gasteiger partial charge in [-0.25, -0.2) is 0 Å². The van der Waals surface area contributed by atoms with Gasteiger partial charge in [-0.2, -0.15) is 0 Å². The van der Waals surface area contributed by atoms with Crippen LogP contribution in [0, 0.1) is 5.41 Å². The lowest BCUT2D eigenvalue weighted by atomic mass is 10.1. The van der Waals surface area contributed by atoms with Gasteiger partial charge in [0.15, 0.2) is 0 Å². The van der Waals surface area contributed by atoms with Gasteiger partial charge in [0, 0.05) is 29.4 Å². The van der Waals surface area contributed by atoms with Crippen LogP contribution in [-0.4, -0.2) is 44.5 Å². The lowest BCUT2D eigenvalue weighted by Gasteiger charge is -2.26. The zero-order chi connectivity index (χ0) is 14.4. The molecule has 0 spiro atoms. The molecule has 1 aromatic rings. The van der Waals surface area contributed by atoms with Crippen LogP contribution in [0.4, 0.5) is 5.69 Å². The Morgan fingerprint density at radius 1 is 1.32 bits per heavy atom. The fraction of sp³-hybridized carbons (Fsp3) is 0.500. The first-order valence-corrected chi connectivity index (χ1v) is 6.87. The summed E-state index contributed by atoms with van der Waals surface area (Å²) in [6.07, 6.45) is 1.06. The summed E-state index contributed by atoms with van der Waals surface area (Å²) in [5.41, 5.74) is 7.33. The molecule has 4 nitrogen and oxygen atoms in total. The second-order valence-corrected chi connectivity index (χ2v) is 5.25. The molecular weight excluding hydrogens is 260 g/mol. The Morgan fingerprint density at radius 2 is 2.00 bits per heavy atom. The van der Waals surface area contributed by atoms with E-state index in [9.17, 15) is 0 Å². The first-order valence-electron chi connectivity index (χ1n) is 6.49. The Bertz CT molecular complexity index is 431. The SMILES string of the molecule is CCN(CCCN(C)C)c1cc(Cl)ccc1C(=N)N. The van der Waals surface area contributed by atoms with E-state index in [0.717, 1.165) is 37.3 Å². The normalized spacial score (nSPS) is 10.8. The van der Waals surface area contributed by atoms with Crippen LogP contribution in [0.25, 0.3) is 0 Å². The van der Waals surface area contributed by atoms with Crippen molar-refractivity contribution in [3.05, 3.63) is 28.8 Å². The Labute approximate surface area is 120 Å². The first-order chi connectivity index (χ1) is 8.95. The quantitative estimate of drug-likeness (QED) is 0.596. The van der Waals surface area contributed by atoms with E-state index in [1.165, 1.54) is 0 Å². The third-order valence-corrected chi connectivity index (χ3v) is 3.24. The summed E-state index contributed by atoms with van der Waals surface area (Å²) < 4.78 is 0. The summed E-state index contributed by atoms with van der Waals surface area (Å²) >= 11 is 6.06. The molecule has 106 valence electrons. The second-order valence-electron chi connectivity index (χ2n) is 4.81. The minimum Gasteiger partial charge on any atom is -0.384 e. The molecule has 0 bridgehead atoms. The van der Waals surface area contributed by atoms with E-state index in [2.05, 4.69) is 30.8 Å². The highest BCUT2D eigenvalue weighted by Gasteiger charge is 2.12. The predicted octanol–water partition coefficient (Wildman–Crippen LogP) is 2.40. The molecule has 0 saturated heterocycles. The van der Waals surface area contributed by atoms with Gasteiger partial charge in [-0.3, -0.25) is 5.41 Å². The van der Waals surface area contributed by atoms with Crippen LogP contribution in [0.1, 0.15) is 18.9 Å². The largest absolute Gasteiger partial charge is 0.384 e.